The third-order valence-corrected chi connectivity index (χ3v) is 2.19. The van der Waals surface area contributed by atoms with Gasteiger partial charge >= 0.3 is 0 Å². The summed E-state index contributed by atoms with van der Waals surface area (Å²) in [5.41, 5.74) is 1.33. The number of hydrogen-bond donors (Lipinski definition) is 0. The van der Waals surface area contributed by atoms with E-state index < -0.39 is 0 Å². The Bertz CT molecular complexity index is 363. The molecule has 2 heterocycles. The highest BCUT2D eigenvalue weighted by Gasteiger charge is 2.22. The fourth-order valence-electron chi connectivity index (χ4n) is 1.60. The summed E-state index contributed by atoms with van der Waals surface area (Å²) in [4.78, 5) is 22.2. The van der Waals surface area contributed by atoms with E-state index in [0.29, 0.717) is 24.4 Å². The average Bonchev–Trinajstić information content (AvgIpc) is 2.53. The largest absolute Gasteiger partial charge is 0.335 e. The van der Waals surface area contributed by atoms with Gasteiger partial charge < -0.3 is 4.57 Å². The SMILES string of the molecule is CC(=O)c1ccc2n1CCC2=O. The van der Waals surface area contributed by atoms with Gasteiger partial charge in [-0.05, 0) is 12.1 Å². The van der Waals surface area contributed by atoms with Crippen LogP contribution < -0.4 is 0 Å². The lowest BCUT2D eigenvalue weighted by molar-refractivity contribution is 0.0990. The van der Waals surface area contributed by atoms with Crippen LogP contribution in [0.15, 0.2) is 12.1 Å². The molecule has 0 spiro atoms. The molecule has 0 fully saturated rings. The highest BCUT2D eigenvalue weighted by molar-refractivity contribution is 6.00. The van der Waals surface area contributed by atoms with E-state index in [2.05, 4.69) is 0 Å². The maximum Gasteiger partial charge on any atom is 0.181 e. The fraction of sp³-hybridized carbons (Fsp3) is 0.333. The number of aromatic nitrogens is 1. The zero-order chi connectivity index (χ0) is 8.72. The van der Waals surface area contributed by atoms with Gasteiger partial charge in [0.15, 0.2) is 11.6 Å². The van der Waals surface area contributed by atoms with Crippen LogP contribution in [-0.2, 0) is 6.54 Å². The van der Waals surface area contributed by atoms with Gasteiger partial charge in [0.1, 0.15) is 0 Å². The molecule has 1 aromatic heterocycles. The Balaban J connectivity index is 2.56. The molecule has 0 radical (unpaired) electrons. The van der Waals surface area contributed by atoms with Gasteiger partial charge in [0, 0.05) is 19.9 Å². The van der Waals surface area contributed by atoms with Gasteiger partial charge in [0.25, 0.3) is 0 Å². The normalized spacial score (nSPS) is 14.9. The monoisotopic (exact) mass is 163 g/mol. The molecule has 0 aliphatic carbocycles. The molecule has 0 saturated heterocycles. The summed E-state index contributed by atoms with van der Waals surface area (Å²) in [6.45, 7) is 2.18. The second-order valence-corrected chi connectivity index (χ2v) is 2.98. The minimum absolute atomic E-state index is 0.0240. The minimum atomic E-state index is 0.0240. The maximum absolute atomic E-state index is 11.2. The highest BCUT2D eigenvalue weighted by Crippen LogP contribution is 2.19. The van der Waals surface area contributed by atoms with Crippen LogP contribution in [0.25, 0.3) is 0 Å². The van der Waals surface area contributed by atoms with Gasteiger partial charge in [-0.25, -0.2) is 0 Å². The zero-order valence-electron chi connectivity index (χ0n) is 6.83. The van der Waals surface area contributed by atoms with Gasteiger partial charge in [0.05, 0.1) is 11.4 Å². The summed E-state index contributed by atoms with van der Waals surface area (Å²) in [5.74, 6) is 0.165. The molecule has 0 bridgehead atoms. The molecule has 12 heavy (non-hydrogen) atoms. The van der Waals surface area contributed by atoms with Gasteiger partial charge in [0.2, 0.25) is 0 Å². The number of Topliss-reactive ketones (excluding diaryl/α,β-unsaturated/α-hetero) is 2. The lowest BCUT2D eigenvalue weighted by Gasteiger charge is -1.99. The molecule has 0 amide bonds. The van der Waals surface area contributed by atoms with Crippen molar-refractivity contribution in [1.82, 2.24) is 4.57 Å². The predicted octanol–water partition coefficient (Wildman–Crippen LogP) is 1.28. The molecule has 3 heteroatoms. The molecule has 2 rings (SSSR count). The van der Waals surface area contributed by atoms with Crippen molar-refractivity contribution in [2.45, 2.75) is 19.9 Å². The third-order valence-electron chi connectivity index (χ3n) is 2.19. The van der Waals surface area contributed by atoms with Crippen molar-refractivity contribution >= 4 is 11.6 Å². The summed E-state index contributed by atoms with van der Waals surface area (Å²) in [7, 11) is 0. The summed E-state index contributed by atoms with van der Waals surface area (Å²) < 4.78 is 1.80. The van der Waals surface area contributed by atoms with E-state index in [4.69, 9.17) is 0 Å². The number of nitrogens with zero attached hydrogens (tertiary/aromatic N) is 1. The Hall–Kier alpha value is -1.38. The van der Waals surface area contributed by atoms with Crippen LogP contribution >= 0.6 is 0 Å². The first kappa shape index (κ1) is 7.28. The molecular weight excluding hydrogens is 154 g/mol. The molecule has 0 saturated carbocycles. The van der Waals surface area contributed by atoms with Crippen molar-refractivity contribution < 1.29 is 9.59 Å². The topological polar surface area (TPSA) is 39.1 Å². The average molecular weight is 163 g/mol. The van der Waals surface area contributed by atoms with E-state index in [9.17, 15) is 9.59 Å². The van der Waals surface area contributed by atoms with Crippen molar-refractivity contribution in [1.29, 1.82) is 0 Å². The van der Waals surface area contributed by atoms with Gasteiger partial charge in [-0.2, -0.15) is 0 Å². The van der Waals surface area contributed by atoms with Crippen LogP contribution in [0.2, 0.25) is 0 Å². The molecule has 0 atom stereocenters. The highest BCUT2D eigenvalue weighted by atomic mass is 16.1. The fourth-order valence-corrected chi connectivity index (χ4v) is 1.60. The first-order valence-corrected chi connectivity index (χ1v) is 3.94. The summed E-state index contributed by atoms with van der Waals surface area (Å²) >= 11 is 0. The van der Waals surface area contributed by atoms with E-state index in [-0.39, 0.29) is 11.6 Å². The van der Waals surface area contributed by atoms with Gasteiger partial charge in [-0.15, -0.1) is 0 Å². The van der Waals surface area contributed by atoms with Crippen molar-refractivity contribution in [3.05, 3.63) is 23.5 Å². The first-order chi connectivity index (χ1) is 5.70. The Kier molecular flexibility index (Phi) is 1.40. The molecule has 62 valence electrons. The summed E-state index contributed by atoms with van der Waals surface area (Å²) in [5, 5.41) is 0. The first-order valence-electron chi connectivity index (χ1n) is 3.94. The quantitative estimate of drug-likeness (QED) is 0.585. The smallest absolute Gasteiger partial charge is 0.181 e. The second kappa shape index (κ2) is 2.30. The number of ketones is 2. The number of carbonyl (C=O) groups is 2. The lowest BCUT2D eigenvalue weighted by Crippen LogP contribution is -2.03. The van der Waals surface area contributed by atoms with Crippen molar-refractivity contribution in [2.24, 2.45) is 0 Å². The predicted molar refractivity (Wildman–Crippen MR) is 43.4 cm³/mol. The van der Waals surface area contributed by atoms with Crippen LogP contribution in [0.1, 0.15) is 34.3 Å². The zero-order valence-corrected chi connectivity index (χ0v) is 6.83. The second-order valence-electron chi connectivity index (χ2n) is 2.98. The lowest BCUT2D eigenvalue weighted by atomic mass is 10.2. The van der Waals surface area contributed by atoms with Gasteiger partial charge in [-0.3, -0.25) is 9.59 Å². The molecular formula is C9H9NO2. The third kappa shape index (κ3) is 0.826. The van der Waals surface area contributed by atoms with E-state index in [1.54, 1.807) is 16.7 Å². The Morgan fingerprint density at radius 3 is 2.92 bits per heavy atom. The van der Waals surface area contributed by atoms with Crippen molar-refractivity contribution in [3.8, 4) is 0 Å². The van der Waals surface area contributed by atoms with E-state index >= 15 is 0 Å². The van der Waals surface area contributed by atoms with Gasteiger partial charge in [-0.1, -0.05) is 0 Å². The molecule has 1 aliphatic heterocycles. The number of hydrogen-bond acceptors (Lipinski definition) is 2. The molecule has 0 unspecified atom stereocenters. The molecule has 1 aromatic rings. The van der Waals surface area contributed by atoms with Crippen LogP contribution in [-0.4, -0.2) is 16.1 Å². The maximum atomic E-state index is 11.2. The van der Waals surface area contributed by atoms with E-state index in [1.165, 1.54) is 6.92 Å². The standard InChI is InChI=1S/C9H9NO2/c1-6(11)7-2-3-8-9(12)4-5-10(7)8/h2-3H,4-5H2,1H3. The Labute approximate surface area is 70.0 Å². The van der Waals surface area contributed by atoms with E-state index in [1.807, 2.05) is 0 Å². The van der Waals surface area contributed by atoms with Crippen molar-refractivity contribution in [3.63, 3.8) is 0 Å². The number of rotatable bonds is 1. The number of fused-ring (bicyclic) bond motifs is 1. The van der Waals surface area contributed by atoms with E-state index in [0.717, 1.165) is 0 Å². The molecule has 1 aliphatic rings. The molecule has 3 nitrogen and oxygen atoms in total. The summed E-state index contributed by atoms with van der Waals surface area (Å²) in [6, 6.07) is 3.45. The van der Waals surface area contributed by atoms with Crippen LogP contribution in [0.5, 0.6) is 0 Å². The Morgan fingerprint density at radius 1 is 1.50 bits per heavy atom. The Morgan fingerprint density at radius 2 is 2.25 bits per heavy atom. The van der Waals surface area contributed by atoms with Crippen LogP contribution in [0.4, 0.5) is 0 Å². The number of carbonyl (C=O) groups excluding carboxylic acids is 2. The molecule has 0 aromatic carbocycles. The summed E-state index contributed by atoms with van der Waals surface area (Å²) in [6.07, 6.45) is 0.538. The molecule has 0 N–H and O–H groups in total. The van der Waals surface area contributed by atoms with Crippen LogP contribution in [0.3, 0.4) is 0 Å². The minimum Gasteiger partial charge on any atom is -0.335 e. The van der Waals surface area contributed by atoms with Crippen molar-refractivity contribution in [2.75, 3.05) is 0 Å². The van der Waals surface area contributed by atoms with Crippen LogP contribution in [0, 0.1) is 0 Å².